The molecule has 0 amide bonds. The van der Waals surface area contributed by atoms with E-state index in [4.69, 9.17) is 0 Å². The van der Waals surface area contributed by atoms with Gasteiger partial charge in [-0.05, 0) is 20.5 Å². The molecular weight excluding hydrogens is 225 g/mol. The van der Waals surface area contributed by atoms with Crippen molar-refractivity contribution in [1.29, 1.82) is 0 Å². The molecule has 0 heterocycles. The largest absolute Gasteiger partial charge is 0.303 e. The summed E-state index contributed by atoms with van der Waals surface area (Å²) in [7, 11) is 2.11. The first kappa shape index (κ1) is 25.8. The van der Waals surface area contributed by atoms with Crippen LogP contribution in [0.3, 0.4) is 0 Å². The van der Waals surface area contributed by atoms with E-state index < -0.39 is 0 Å². The van der Waals surface area contributed by atoms with Gasteiger partial charge in [0.15, 0.2) is 0 Å². The minimum atomic E-state index is 0. The Labute approximate surface area is 115 Å². The van der Waals surface area contributed by atoms with E-state index in [2.05, 4.69) is 44.9 Å². The molecule has 110 valence electrons. The maximum Gasteiger partial charge on any atom is 0.0163 e. The van der Waals surface area contributed by atoms with E-state index in [-0.39, 0.29) is 4.70 Å². The summed E-state index contributed by atoms with van der Waals surface area (Å²) >= 11 is 0. The van der Waals surface area contributed by atoms with Gasteiger partial charge in [-0.1, -0.05) is 77.5 Å². The first-order valence-electron chi connectivity index (χ1n) is 6.85. The highest BCUT2D eigenvalue weighted by Gasteiger charge is 1.85. The third-order valence-electron chi connectivity index (χ3n) is 1.62. The third kappa shape index (κ3) is 36.2. The molecular formula is C16H34FN. The Bertz CT molecular complexity index is 184. The highest BCUT2D eigenvalue weighted by atomic mass is 19.0. The van der Waals surface area contributed by atoms with Crippen molar-refractivity contribution in [2.75, 3.05) is 20.1 Å². The molecule has 0 aromatic heterocycles. The molecule has 0 saturated carbocycles. The van der Waals surface area contributed by atoms with Crippen molar-refractivity contribution in [2.45, 2.75) is 48.0 Å². The van der Waals surface area contributed by atoms with Crippen molar-refractivity contribution in [3.63, 3.8) is 0 Å². The smallest absolute Gasteiger partial charge is 0.0163 e. The zero-order valence-corrected chi connectivity index (χ0v) is 13.4. The van der Waals surface area contributed by atoms with Crippen LogP contribution in [0.2, 0.25) is 0 Å². The molecule has 18 heavy (non-hydrogen) atoms. The monoisotopic (exact) mass is 259 g/mol. The number of allylic oxidation sites excluding steroid dienone is 5. The van der Waals surface area contributed by atoms with Gasteiger partial charge in [0.1, 0.15) is 0 Å². The van der Waals surface area contributed by atoms with Gasteiger partial charge in [-0.25, -0.2) is 0 Å². The Morgan fingerprint density at radius 2 is 1.33 bits per heavy atom. The van der Waals surface area contributed by atoms with Crippen LogP contribution in [-0.4, -0.2) is 25.0 Å². The van der Waals surface area contributed by atoms with Crippen LogP contribution >= 0.6 is 0 Å². The quantitative estimate of drug-likeness (QED) is 0.612. The van der Waals surface area contributed by atoms with Gasteiger partial charge in [0.05, 0.1) is 0 Å². The van der Waals surface area contributed by atoms with Crippen LogP contribution in [0, 0.1) is 0 Å². The highest BCUT2D eigenvalue weighted by molar-refractivity contribution is 5.10. The van der Waals surface area contributed by atoms with E-state index in [1.165, 1.54) is 6.42 Å². The molecule has 1 nitrogen and oxygen atoms in total. The number of likely N-dealkylation sites (N-methyl/N-ethyl adjacent to an activating group) is 1. The van der Waals surface area contributed by atoms with E-state index >= 15 is 0 Å². The van der Waals surface area contributed by atoms with Gasteiger partial charge in [-0.2, -0.15) is 0 Å². The van der Waals surface area contributed by atoms with E-state index in [0.717, 1.165) is 13.1 Å². The van der Waals surface area contributed by atoms with Gasteiger partial charge in [0, 0.05) is 6.54 Å². The Morgan fingerprint density at radius 3 is 1.72 bits per heavy atom. The summed E-state index contributed by atoms with van der Waals surface area (Å²) in [6.45, 7) is 14.5. The molecule has 0 aliphatic heterocycles. The highest BCUT2D eigenvalue weighted by Crippen LogP contribution is 1.84. The molecule has 0 aromatic carbocycles. The lowest BCUT2D eigenvalue weighted by molar-refractivity contribution is 0.392. The predicted octanol–water partition coefficient (Wildman–Crippen LogP) is 5.22. The van der Waals surface area contributed by atoms with Gasteiger partial charge in [-0.15, -0.1) is 0 Å². The summed E-state index contributed by atoms with van der Waals surface area (Å²) in [6, 6.07) is 0. The topological polar surface area (TPSA) is 3.24 Å². The van der Waals surface area contributed by atoms with Crippen LogP contribution in [-0.2, 0) is 0 Å². The van der Waals surface area contributed by atoms with Crippen LogP contribution in [0.5, 0.6) is 0 Å². The van der Waals surface area contributed by atoms with Crippen LogP contribution in [0.1, 0.15) is 48.0 Å². The average Bonchev–Trinajstić information content (AvgIpc) is 2.36. The number of halogens is 1. The number of hydrogen-bond acceptors (Lipinski definition) is 1. The van der Waals surface area contributed by atoms with E-state index in [9.17, 15) is 0 Å². The molecule has 0 aliphatic rings. The van der Waals surface area contributed by atoms with Crippen molar-refractivity contribution in [3.8, 4) is 0 Å². The summed E-state index contributed by atoms with van der Waals surface area (Å²) in [5, 5.41) is 0. The Morgan fingerprint density at radius 1 is 0.889 bits per heavy atom. The number of hydrogen-bond donors (Lipinski definition) is 0. The van der Waals surface area contributed by atoms with E-state index in [1.807, 2.05) is 45.1 Å². The van der Waals surface area contributed by atoms with Crippen molar-refractivity contribution < 1.29 is 4.70 Å². The first-order chi connectivity index (χ1) is 8.22. The Kier molecular flexibility index (Phi) is 42.8. The van der Waals surface area contributed by atoms with Gasteiger partial charge >= 0.3 is 0 Å². The molecule has 0 aromatic rings. The number of nitrogens with zero attached hydrogens (tertiary/aromatic N) is 1. The van der Waals surface area contributed by atoms with Crippen molar-refractivity contribution >= 4 is 0 Å². The minimum Gasteiger partial charge on any atom is -0.303 e. The molecule has 2 heteroatoms. The maximum atomic E-state index is 2.25. The number of rotatable bonds is 5. The van der Waals surface area contributed by atoms with Gasteiger partial charge < -0.3 is 4.90 Å². The third-order valence-corrected chi connectivity index (χ3v) is 1.62. The Balaban J connectivity index is -0.000000142. The van der Waals surface area contributed by atoms with Gasteiger partial charge in [-0.3, -0.25) is 4.70 Å². The molecule has 0 fully saturated rings. The second-order valence-corrected chi connectivity index (χ2v) is 3.40. The zero-order valence-electron chi connectivity index (χ0n) is 13.4. The van der Waals surface area contributed by atoms with Crippen LogP contribution in [0.15, 0.2) is 36.5 Å². The molecule has 0 aliphatic carbocycles. The molecule has 0 rings (SSSR count). The van der Waals surface area contributed by atoms with E-state index in [1.54, 1.807) is 0 Å². The van der Waals surface area contributed by atoms with E-state index in [0.29, 0.717) is 0 Å². The normalized spacial score (nSPS) is 10.0. The molecule has 0 N–H and O–H groups in total. The van der Waals surface area contributed by atoms with Crippen LogP contribution < -0.4 is 0 Å². The second-order valence-electron chi connectivity index (χ2n) is 3.40. The Hall–Kier alpha value is -0.890. The first-order valence-corrected chi connectivity index (χ1v) is 6.85. The molecule has 0 atom stereocenters. The average molecular weight is 259 g/mol. The molecule has 0 radical (unpaired) electrons. The fourth-order valence-corrected chi connectivity index (χ4v) is 0.688. The van der Waals surface area contributed by atoms with Gasteiger partial charge in [0.25, 0.3) is 0 Å². The second kappa shape index (κ2) is 29.8. The maximum absolute atomic E-state index is 2.25. The molecule has 0 bridgehead atoms. The summed E-state index contributed by atoms with van der Waals surface area (Å²) in [5.74, 6) is 0. The van der Waals surface area contributed by atoms with Crippen molar-refractivity contribution in [1.82, 2.24) is 4.90 Å². The molecule has 0 spiro atoms. The van der Waals surface area contributed by atoms with Gasteiger partial charge in [0.2, 0.25) is 0 Å². The molecule has 0 saturated heterocycles. The summed E-state index contributed by atoms with van der Waals surface area (Å²) in [6.07, 6.45) is 13.6. The minimum absolute atomic E-state index is 0. The fraction of sp³-hybridized carbons (Fsp3) is 0.625. The fourth-order valence-electron chi connectivity index (χ4n) is 0.688. The lowest BCUT2D eigenvalue weighted by atomic mass is 10.4. The lowest BCUT2D eigenvalue weighted by Gasteiger charge is -2.08. The predicted molar refractivity (Wildman–Crippen MR) is 86.1 cm³/mol. The summed E-state index contributed by atoms with van der Waals surface area (Å²) < 4.78 is 0. The van der Waals surface area contributed by atoms with Crippen LogP contribution in [0.25, 0.3) is 0 Å². The standard InChI is InChI=1S/C11H19N.C3H8.C2H6.FH/c1-4-6-7-8-9-10-11-12(3)5-2;1-3-2;1-2;/h4,6-10H,5,11H2,1-3H3;3H2,1-2H3;1-2H3;1H/b6-4+,8-7-,10-9+;;;. The van der Waals surface area contributed by atoms with Crippen LogP contribution in [0.4, 0.5) is 4.70 Å². The molecule has 0 unspecified atom stereocenters. The summed E-state index contributed by atoms with van der Waals surface area (Å²) in [4.78, 5) is 2.25. The summed E-state index contributed by atoms with van der Waals surface area (Å²) in [5.41, 5.74) is 0. The lowest BCUT2D eigenvalue weighted by Crippen LogP contribution is -2.16. The van der Waals surface area contributed by atoms with Crippen molar-refractivity contribution in [2.24, 2.45) is 0 Å². The zero-order chi connectivity index (χ0) is 13.9. The van der Waals surface area contributed by atoms with Crippen molar-refractivity contribution in [3.05, 3.63) is 36.5 Å². The SMILES string of the molecule is C/C=C/C=C\C=C\CN(C)CC.CC.CCC.F.